The number of benzene rings is 1. The van der Waals surface area contributed by atoms with Crippen LogP contribution in [0, 0.1) is 13.8 Å². The van der Waals surface area contributed by atoms with E-state index in [0.717, 1.165) is 5.56 Å². The fourth-order valence-corrected chi connectivity index (χ4v) is 3.49. The van der Waals surface area contributed by atoms with Crippen molar-refractivity contribution in [2.45, 2.75) is 26.7 Å². The maximum atomic E-state index is 12.5. The summed E-state index contributed by atoms with van der Waals surface area (Å²) in [7, 11) is 0. The molecule has 2 heterocycles. The Morgan fingerprint density at radius 3 is 2.56 bits per heavy atom. The molecule has 128 valence electrons. The average molecular weight is 356 g/mol. The van der Waals surface area contributed by atoms with Crippen LogP contribution in [0.25, 0.3) is 5.13 Å². The first-order valence-electron chi connectivity index (χ1n) is 7.68. The Bertz CT molecular complexity index is 931. The SMILES string of the molecule is Cc1nc(-n2nnc(C(=O)O)c2C)sc1C(=O)CCc1ccccc1. The number of nitrogens with zero attached hydrogens (tertiary/aromatic N) is 4. The maximum Gasteiger partial charge on any atom is 0.358 e. The molecular formula is C17H16N4O3S. The molecule has 0 atom stereocenters. The molecule has 0 aliphatic carbocycles. The van der Waals surface area contributed by atoms with E-state index in [9.17, 15) is 9.59 Å². The molecule has 8 heteroatoms. The first-order valence-corrected chi connectivity index (χ1v) is 8.49. The van der Waals surface area contributed by atoms with Gasteiger partial charge in [0.15, 0.2) is 11.5 Å². The number of ketones is 1. The molecule has 25 heavy (non-hydrogen) atoms. The molecule has 0 saturated carbocycles. The number of aryl methyl sites for hydroxylation is 2. The Kier molecular flexibility index (Phi) is 4.71. The van der Waals surface area contributed by atoms with E-state index in [-0.39, 0.29) is 11.5 Å². The van der Waals surface area contributed by atoms with E-state index in [1.54, 1.807) is 13.8 Å². The lowest BCUT2D eigenvalue weighted by molar-refractivity contribution is 0.0689. The third kappa shape index (κ3) is 3.48. The monoisotopic (exact) mass is 356 g/mol. The van der Waals surface area contributed by atoms with Crippen LogP contribution in [0.15, 0.2) is 30.3 Å². The van der Waals surface area contributed by atoms with E-state index >= 15 is 0 Å². The largest absolute Gasteiger partial charge is 0.476 e. The molecule has 0 unspecified atom stereocenters. The highest BCUT2D eigenvalue weighted by Gasteiger charge is 2.21. The number of carbonyl (C=O) groups excluding carboxylic acids is 1. The Morgan fingerprint density at radius 1 is 1.20 bits per heavy atom. The third-order valence-electron chi connectivity index (χ3n) is 3.80. The van der Waals surface area contributed by atoms with Gasteiger partial charge < -0.3 is 5.11 Å². The molecule has 7 nitrogen and oxygen atoms in total. The summed E-state index contributed by atoms with van der Waals surface area (Å²) < 4.78 is 1.36. The summed E-state index contributed by atoms with van der Waals surface area (Å²) in [6.07, 6.45) is 1.06. The van der Waals surface area contributed by atoms with E-state index in [2.05, 4.69) is 15.3 Å². The summed E-state index contributed by atoms with van der Waals surface area (Å²) in [4.78, 5) is 28.5. The fourth-order valence-electron chi connectivity index (χ4n) is 2.46. The minimum atomic E-state index is -1.14. The van der Waals surface area contributed by atoms with Gasteiger partial charge in [-0.3, -0.25) is 4.79 Å². The topological polar surface area (TPSA) is 98.0 Å². The van der Waals surface area contributed by atoms with Crippen LogP contribution < -0.4 is 0 Å². The number of carboxylic acid groups (broad SMARTS) is 1. The lowest BCUT2D eigenvalue weighted by atomic mass is 10.1. The smallest absolute Gasteiger partial charge is 0.358 e. The molecule has 0 spiro atoms. The van der Waals surface area contributed by atoms with Crippen molar-refractivity contribution in [3.8, 4) is 5.13 Å². The summed E-state index contributed by atoms with van der Waals surface area (Å²) in [6.45, 7) is 3.37. The molecule has 0 fully saturated rings. The number of rotatable bonds is 6. The minimum absolute atomic E-state index is 0.0151. The fraction of sp³-hybridized carbons (Fsp3) is 0.235. The Labute approximate surface area is 148 Å². The van der Waals surface area contributed by atoms with E-state index in [1.807, 2.05) is 30.3 Å². The molecule has 3 aromatic rings. The highest BCUT2D eigenvalue weighted by atomic mass is 32.1. The second-order valence-corrected chi connectivity index (χ2v) is 6.54. The van der Waals surface area contributed by atoms with Gasteiger partial charge in [-0.05, 0) is 25.8 Å². The normalized spacial score (nSPS) is 10.8. The number of carbonyl (C=O) groups is 2. The van der Waals surface area contributed by atoms with Crippen molar-refractivity contribution in [1.29, 1.82) is 0 Å². The number of hydrogen-bond donors (Lipinski definition) is 1. The van der Waals surface area contributed by atoms with Crippen molar-refractivity contribution in [3.63, 3.8) is 0 Å². The summed E-state index contributed by atoms with van der Waals surface area (Å²) in [5.74, 6) is -1.13. The van der Waals surface area contributed by atoms with Gasteiger partial charge in [-0.1, -0.05) is 46.9 Å². The molecule has 0 amide bonds. The first kappa shape index (κ1) is 17.0. The van der Waals surface area contributed by atoms with E-state index in [1.165, 1.54) is 16.0 Å². The number of carboxylic acids is 1. The van der Waals surface area contributed by atoms with Crippen LogP contribution in [0.3, 0.4) is 0 Å². The van der Waals surface area contributed by atoms with E-state index in [0.29, 0.717) is 34.2 Å². The second kappa shape index (κ2) is 6.94. The molecule has 0 bridgehead atoms. The Morgan fingerprint density at radius 2 is 1.92 bits per heavy atom. The molecule has 0 saturated heterocycles. The number of aromatic carboxylic acids is 1. The van der Waals surface area contributed by atoms with Crippen molar-refractivity contribution < 1.29 is 14.7 Å². The molecule has 2 aromatic heterocycles. The van der Waals surface area contributed by atoms with Crippen molar-refractivity contribution in [3.05, 3.63) is 57.9 Å². The zero-order valence-corrected chi connectivity index (χ0v) is 14.6. The lowest BCUT2D eigenvalue weighted by Crippen LogP contribution is -2.02. The molecular weight excluding hydrogens is 340 g/mol. The van der Waals surface area contributed by atoms with Gasteiger partial charge in [0.25, 0.3) is 0 Å². The number of Topliss-reactive ketones (excluding diaryl/α,β-unsaturated/α-hetero) is 1. The molecule has 3 rings (SSSR count). The molecule has 0 aliphatic rings. The van der Waals surface area contributed by atoms with Crippen molar-refractivity contribution in [2.75, 3.05) is 0 Å². The van der Waals surface area contributed by atoms with Gasteiger partial charge >= 0.3 is 5.97 Å². The van der Waals surface area contributed by atoms with Crippen LogP contribution >= 0.6 is 11.3 Å². The van der Waals surface area contributed by atoms with Gasteiger partial charge in [0.2, 0.25) is 5.13 Å². The van der Waals surface area contributed by atoms with Crippen LogP contribution in [0.1, 0.15) is 43.5 Å². The van der Waals surface area contributed by atoms with Gasteiger partial charge in [-0.25, -0.2) is 9.78 Å². The standard InChI is InChI=1S/C17H16N4O3S/c1-10-15(13(22)9-8-12-6-4-3-5-7-12)25-17(18-10)21-11(2)14(16(23)24)19-20-21/h3-7H,8-9H2,1-2H3,(H,23,24). The Balaban J connectivity index is 1.80. The first-order chi connectivity index (χ1) is 12.0. The van der Waals surface area contributed by atoms with Crippen molar-refractivity contribution in [1.82, 2.24) is 20.0 Å². The maximum absolute atomic E-state index is 12.5. The molecule has 1 aromatic carbocycles. The quantitative estimate of drug-likeness (QED) is 0.682. The van der Waals surface area contributed by atoms with Crippen LogP contribution in [0.4, 0.5) is 0 Å². The van der Waals surface area contributed by atoms with E-state index < -0.39 is 5.97 Å². The van der Waals surface area contributed by atoms with Crippen LogP contribution in [-0.2, 0) is 6.42 Å². The van der Waals surface area contributed by atoms with Crippen molar-refractivity contribution >= 4 is 23.1 Å². The van der Waals surface area contributed by atoms with Gasteiger partial charge in [0.05, 0.1) is 16.3 Å². The van der Waals surface area contributed by atoms with Gasteiger partial charge in [-0.15, -0.1) is 5.10 Å². The highest BCUT2D eigenvalue weighted by Crippen LogP contribution is 2.24. The molecule has 0 radical (unpaired) electrons. The summed E-state index contributed by atoms with van der Waals surface area (Å²) in [5, 5.41) is 17.0. The van der Waals surface area contributed by atoms with Crippen LogP contribution in [0.2, 0.25) is 0 Å². The minimum Gasteiger partial charge on any atom is -0.476 e. The lowest BCUT2D eigenvalue weighted by Gasteiger charge is -2.00. The predicted molar refractivity (Wildman–Crippen MR) is 92.6 cm³/mol. The summed E-state index contributed by atoms with van der Waals surface area (Å²) >= 11 is 1.20. The van der Waals surface area contributed by atoms with Crippen LogP contribution in [0.5, 0.6) is 0 Å². The second-order valence-electron chi connectivity index (χ2n) is 5.56. The molecule has 0 aliphatic heterocycles. The summed E-state index contributed by atoms with van der Waals surface area (Å²) in [6, 6.07) is 9.82. The number of hydrogen-bond acceptors (Lipinski definition) is 6. The van der Waals surface area contributed by atoms with Gasteiger partial charge in [-0.2, -0.15) is 4.68 Å². The van der Waals surface area contributed by atoms with Gasteiger partial charge in [0.1, 0.15) is 0 Å². The van der Waals surface area contributed by atoms with Gasteiger partial charge in [0, 0.05) is 6.42 Å². The number of thiazole rings is 1. The van der Waals surface area contributed by atoms with Crippen molar-refractivity contribution in [2.24, 2.45) is 0 Å². The summed E-state index contributed by atoms with van der Waals surface area (Å²) in [5.41, 5.74) is 1.98. The average Bonchev–Trinajstić information content (AvgIpc) is 3.16. The van der Waals surface area contributed by atoms with Crippen LogP contribution in [-0.4, -0.2) is 36.8 Å². The predicted octanol–water partition coefficient (Wildman–Crippen LogP) is 2.85. The number of aromatic nitrogens is 4. The highest BCUT2D eigenvalue weighted by molar-refractivity contribution is 7.16. The van der Waals surface area contributed by atoms with E-state index in [4.69, 9.17) is 5.11 Å². The zero-order chi connectivity index (χ0) is 18.0. The third-order valence-corrected chi connectivity index (χ3v) is 4.97. The molecule has 1 N–H and O–H groups in total. The Hall–Kier alpha value is -2.87. The zero-order valence-electron chi connectivity index (χ0n) is 13.8.